The molecule has 0 saturated heterocycles. The fraction of sp³-hybridized carbons (Fsp3) is 0.467. The van der Waals surface area contributed by atoms with Crippen LogP contribution in [0.15, 0.2) is 34.9 Å². The minimum atomic E-state index is -0.606. The lowest BCUT2D eigenvalue weighted by Crippen LogP contribution is -2.25. The first-order chi connectivity index (χ1) is 9.76. The molecule has 2 aromatic rings. The summed E-state index contributed by atoms with van der Waals surface area (Å²) in [6.07, 6.45) is 4.35. The third-order valence-electron chi connectivity index (χ3n) is 4.17. The molecular formula is C15H19N3O2. The lowest BCUT2D eigenvalue weighted by Gasteiger charge is -2.25. The third kappa shape index (κ3) is 2.13. The van der Waals surface area contributed by atoms with Crippen molar-refractivity contribution in [3.05, 3.63) is 47.6 Å². The number of aliphatic hydroxyl groups excluding tert-OH is 1. The lowest BCUT2D eigenvalue weighted by atomic mass is 9.78. The van der Waals surface area contributed by atoms with E-state index in [4.69, 9.17) is 15.4 Å². The van der Waals surface area contributed by atoms with E-state index >= 15 is 0 Å². The average molecular weight is 273 g/mol. The molecule has 0 aliphatic heterocycles. The van der Waals surface area contributed by atoms with Gasteiger partial charge in [0.15, 0.2) is 5.82 Å². The van der Waals surface area contributed by atoms with Gasteiger partial charge in [-0.15, -0.1) is 0 Å². The molecule has 0 bridgehead atoms. The van der Waals surface area contributed by atoms with Gasteiger partial charge < -0.3 is 15.4 Å². The molecule has 0 amide bonds. The number of aliphatic hydroxyl groups is 1. The first-order valence-corrected chi connectivity index (χ1v) is 7.02. The maximum atomic E-state index is 9.09. The summed E-state index contributed by atoms with van der Waals surface area (Å²) in [5, 5.41) is 13.2. The Balaban J connectivity index is 2.01. The van der Waals surface area contributed by atoms with Crippen molar-refractivity contribution in [2.45, 2.75) is 37.1 Å². The van der Waals surface area contributed by atoms with Crippen LogP contribution in [0.2, 0.25) is 0 Å². The highest BCUT2D eigenvalue weighted by atomic mass is 16.5. The van der Waals surface area contributed by atoms with Crippen molar-refractivity contribution >= 4 is 0 Å². The molecule has 3 N–H and O–H groups in total. The molecule has 1 aliphatic carbocycles. The molecule has 0 radical (unpaired) electrons. The second kappa shape index (κ2) is 5.34. The topological polar surface area (TPSA) is 85.2 Å². The van der Waals surface area contributed by atoms with E-state index in [-0.39, 0.29) is 12.0 Å². The molecule has 1 aliphatic rings. The molecule has 0 spiro atoms. The standard InChI is InChI=1S/C15H19N3O2/c16-12(10-19)13-17-14(18-20-13)15(8-4-5-9-15)11-6-2-1-3-7-11/h1-3,6-7,12,19H,4-5,8-10,16H2. The number of aromatic nitrogens is 2. The highest BCUT2D eigenvalue weighted by molar-refractivity contribution is 5.33. The number of nitrogens with zero attached hydrogens (tertiary/aromatic N) is 2. The van der Waals surface area contributed by atoms with E-state index < -0.39 is 6.04 Å². The zero-order valence-electron chi connectivity index (χ0n) is 11.3. The van der Waals surface area contributed by atoms with Crippen molar-refractivity contribution in [2.24, 2.45) is 5.73 Å². The summed E-state index contributed by atoms with van der Waals surface area (Å²) in [5.41, 5.74) is 6.80. The number of hydrogen-bond donors (Lipinski definition) is 2. The second-order valence-electron chi connectivity index (χ2n) is 5.40. The van der Waals surface area contributed by atoms with Gasteiger partial charge >= 0.3 is 0 Å². The zero-order chi connectivity index (χ0) is 14.0. The van der Waals surface area contributed by atoms with E-state index in [2.05, 4.69) is 22.3 Å². The Morgan fingerprint density at radius 1 is 1.25 bits per heavy atom. The summed E-state index contributed by atoms with van der Waals surface area (Å²) in [7, 11) is 0. The molecule has 1 unspecified atom stereocenters. The van der Waals surface area contributed by atoms with Gasteiger partial charge in [0.2, 0.25) is 5.89 Å². The first-order valence-electron chi connectivity index (χ1n) is 7.02. The van der Waals surface area contributed by atoms with E-state index in [1.165, 1.54) is 5.56 Å². The van der Waals surface area contributed by atoms with E-state index in [0.29, 0.717) is 11.7 Å². The van der Waals surface area contributed by atoms with Crippen molar-refractivity contribution in [1.29, 1.82) is 0 Å². The van der Waals surface area contributed by atoms with Crippen LogP contribution < -0.4 is 5.73 Å². The molecule has 106 valence electrons. The van der Waals surface area contributed by atoms with E-state index in [0.717, 1.165) is 25.7 Å². The maximum Gasteiger partial charge on any atom is 0.245 e. The summed E-state index contributed by atoms with van der Waals surface area (Å²) < 4.78 is 5.23. The van der Waals surface area contributed by atoms with Crippen molar-refractivity contribution in [2.75, 3.05) is 6.61 Å². The molecule has 20 heavy (non-hydrogen) atoms. The Hall–Kier alpha value is -1.72. The molecule has 3 rings (SSSR count). The number of benzene rings is 1. The van der Waals surface area contributed by atoms with E-state index in [9.17, 15) is 0 Å². The minimum Gasteiger partial charge on any atom is -0.394 e. The summed E-state index contributed by atoms with van der Waals surface area (Å²) in [4.78, 5) is 4.45. The van der Waals surface area contributed by atoms with Gasteiger partial charge in [-0.1, -0.05) is 48.3 Å². The Labute approximate surface area is 117 Å². The predicted octanol–water partition coefficient (Wildman–Crippen LogP) is 1.92. The van der Waals surface area contributed by atoms with Gasteiger partial charge in [0.1, 0.15) is 6.04 Å². The van der Waals surface area contributed by atoms with Crippen LogP contribution in [0.1, 0.15) is 49.0 Å². The Morgan fingerprint density at radius 3 is 2.60 bits per heavy atom. The third-order valence-corrected chi connectivity index (χ3v) is 4.17. The van der Waals surface area contributed by atoms with Gasteiger partial charge in [-0.2, -0.15) is 4.98 Å². The van der Waals surface area contributed by atoms with Crippen LogP contribution >= 0.6 is 0 Å². The van der Waals surface area contributed by atoms with Crippen LogP contribution in [-0.4, -0.2) is 21.9 Å². The van der Waals surface area contributed by atoms with Gasteiger partial charge in [0, 0.05) is 0 Å². The first kappa shape index (κ1) is 13.3. The molecule has 1 atom stereocenters. The zero-order valence-corrected chi connectivity index (χ0v) is 11.3. The smallest absolute Gasteiger partial charge is 0.245 e. The van der Waals surface area contributed by atoms with Crippen LogP contribution in [0.4, 0.5) is 0 Å². The minimum absolute atomic E-state index is 0.168. The average Bonchev–Trinajstić information content (AvgIpc) is 3.17. The summed E-state index contributed by atoms with van der Waals surface area (Å²) in [6.45, 7) is -0.194. The van der Waals surface area contributed by atoms with Crippen LogP contribution in [0, 0.1) is 0 Å². The normalized spacial score (nSPS) is 19.1. The Kier molecular flexibility index (Phi) is 3.54. The van der Waals surface area contributed by atoms with Crippen LogP contribution in [0.25, 0.3) is 0 Å². The largest absolute Gasteiger partial charge is 0.394 e. The van der Waals surface area contributed by atoms with Crippen molar-refractivity contribution in [3.63, 3.8) is 0 Å². The highest BCUT2D eigenvalue weighted by Gasteiger charge is 2.41. The quantitative estimate of drug-likeness (QED) is 0.889. The van der Waals surface area contributed by atoms with Gasteiger partial charge in [0.05, 0.1) is 12.0 Å². The van der Waals surface area contributed by atoms with Crippen molar-refractivity contribution < 1.29 is 9.63 Å². The second-order valence-corrected chi connectivity index (χ2v) is 5.40. The Bertz CT molecular complexity index is 562. The number of hydrogen-bond acceptors (Lipinski definition) is 5. The summed E-state index contributed by atoms with van der Waals surface area (Å²) in [5.74, 6) is 1.00. The molecule has 1 fully saturated rings. The van der Waals surface area contributed by atoms with Gasteiger partial charge in [-0.25, -0.2) is 0 Å². The van der Waals surface area contributed by atoms with Gasteiger partial charge in [-0.3, -0.25) is 0 Å². The molecule has 5 nitrogen and oxygen atoms in total. The molecule has 5 heteroatoms. The SMILES string of the molecule is NC(CO)c1nc(C2(c3ccccc3)CCCC2)no1. The van der Waals surface area contributed by atoms with E-state index in [1.54, 1.807) is 0 Å². The molecule has 1 aromatic carbocycles. The van der Waals surface area contributed by atoms with E-state index in [1.807, 2.05) is 18.2 Å². The molecular weight excluding hydrogens is 254 g/mol. The van der Waals surface area contributed by atoms with Crippen molar-refractivity contribution in [3.8, 4) is 0 Å². The maximum absolute atomic E-state index is 9.09. The summed E-state index contributed by atoms with van der Waals surface area (Å²) in [6, 6.07) is 9.72. The predicted molar refractivity (Wildman–Crippen MR) is 74.0 cm³/mol. The van der Waals surface area contributed by atoms with Crippen molar-refractivity contribution in [1.82, 2.24) is 10.1 Å². The van der Waals surface area contributed by atoms with Crippen LogP contribution in [0.3, 0.4) is 0 Å². The molecule has 1 saturated carbocycles. The van der Waals surface area contributed by atoms with Gasteiger partial charge in [0.25, 0.3) is 0 Å². The number of nitrogens with two attached hydrogens (primary N) is 1. The fourth-order valence-electron chi connectivity index (χ4n) is 3.04. The lowest BCUT2D eigenvalue weighted by molar-refractivity contribution is 0.236. The monoisotopic (exact) mass is 273 g/mol. The fourth-order valence-corrected chi connectivity index (χ4v) is 3.04. The summed E-state index contributed by atoms with van der Waals surface area (Å²) >= 11 is 0. The van der Waals surface area contributed by atoms with Gasteiger partial charge in [-0.05, 0) is 18.4 Å². The number of rotatable bonds is 4. The molecule has 1 aromatic heterocycles. The van der Waals surface area contributed by atoms with Crippen LogP contribution in [0.5, 0.6) is 0 Å². The Morgan fingerprint density at radius 2 is 1.95 bits per heavy atom. The van der Waals surface area contributed by atoms with Crippen LogP contribution in [-0.2, 0) is 5.41 Å². The molecule has 1 heterocycles. The highest BCUT2D eigenvalue weighted by Crippen LogP contribution is 2.45.